The Bertz CT molecular complexity index is 410. The molecule has 1 saturated carbocycles. The third-order valence-electron chi connectivity index (χ3n) is 2.98. The summed E-state index contributed by atoms with van der Waals surface area (Å²) in [5.41, 5.74) is 1.57. The number of nitrogens with zero attached hydrogens (tertiary/aromatic N) is 2. The van der Waals surface area contributed by atoms with Crippen molar-refractivity contribution in [1.82, 2.24) is 5.01 Å². The second-order valence-electron chi connectivity index (χ2n) is 4.17. The summed E-state index contributed by atoms with van der Waals surface area (Å²) < 4.78 is 13.5. The normalized spacial score (nSPS) is 20.6. The van der Waals surface area contributed by atoms with Crippen molar-refractivity contribution >= 4 is 5.71 Å². The minimum atomic E-state index is -0.158. The molecule has 0 saturated heterocycles. The second-order valence-corrected chi connectivity index (χ2v) is 4.17. The molecule has 0 radical (unpaired) electrons. The molecule has 1 aromatic rings. The first kappa shape index (κ1) is 8.89. The largest absolute Gasteiger partial charge is 0.293 e. The molecular formula is C12H13FN2. The first-order chi connectivity index (χ1) is 7.34. The highest BCUT2D eigenvalue weighted by molar-refractivity contribution is 6.01. The van der Waals surface area contributed by atoms with E-state index in [4.69, 9.17) is 0 Å². The van der Waals surface area contributed by atoms with Crippen LogP contribution in [-0.4, -0.2) is 23.3 Å². The number of halogens is 1. The average Bonchev–Trinajstić information content (AvgIpc) is 2.99. The number of benzene rings is 1. The molecule has 1 fully saturated rings. The summed E-state index contributed by atoms with van der Waals surface area (Å²) >= 11 is 0. The first-order valence-electron chi connectivity index (χ1n) is 5.43. The SMILES string of the molecule is Fc1ccccc1C1=NN(C2CC2)CC1. The van der Waals surface area contributed by atoms with Gasteiger partial charge in [-0.25, -0.2) is 4.39 Å². The molecule has 0 spiro atoms. The molecule has 0 unspecified atom stereocenters. The van der Waals surface area contributed by atoms with Gasteiger partial charge >= 0.3 is 0 Å². The van der Waals surface area contributed by atoms with Crippen molar-refractivity contribution in [2.75, 3.05) is 6.54 Å². The maximum absolute atomic E-state index is 13.5. The zero-order chi connectivity index (χ0) is 10.3. The Kier molecular flexibility index (Phi) is 1.97. The van der Waals surface area contributed by atoms with Gasteiger partial charge < -0.3 is 0 Å². The van der Waals surface area contributed by atoms with Crippen LogP contribution in [0, 0.1) is 5.82 Å². The molecule has 0 amide bonds. The molecule has 15 heavy (non-hydrogen) atoms. The Hall–Kier alpha value is -1.38. The molecule has 2 nitrogen and oxygen atoms in total. The van der Waals surface area contributed by atoms with Crippen molar-refractivity contribution < 1.29 is 4.39 Å². The van der Waals surface area contributed by atoms with E-state index in [1.807, 2.05) is 12.1 Å². The summed E-state index contributed by atoms with van der Waals surface area (Å²) in [5.74, 6) is -0.158. The van der Waals surface area contributed by atoms with Crippen LogP contribution in [0.4, 0.5) is 4.39 Å². The minimum Gasteiger partial charge on any atom is -0.293 e. The third kappa shape index (κ3) is 1.62. The third-order valence-corrected chi connectivity index (χ3v) is 2.98. The quantitative estimate of drug-likeness (QED) is 0.722. The van der Waals surface area contributed by atoms with Gasteiger partial charge in [-0.05, 0) is 18.9 Å². The molecule has 0 aromatic heterocycles. The summed E-state index contributed by atoms with van der Waals surface area (Å²) in [5, 5.41) is 6.60. The molecule has 2 aliphatic rings. The highest BCUT2D eigenvalue weighted by atomic mass is 19.1. The zero-order valence-electron chi connectivity index (χ0n) is 8.49. The van der Waals surface area contributed by atoms with E-state index >= 15 is 0 Å². The Morgan fingerprint density at radius 1 is 1.27 bits per heavy atom. The van der Waals surface area contributed by atoms with Crippen molar-refractivity contribution in [3.8, 4) is 0 Å². The molecule has 1 aromatic carbocycles. The van der Waals surface area contributed by atoms with Crippen LogP contribution in [0.3, 0.4) is 0 Å². The van der Waals surface area contributed by atoms with Crippen LogP contribution in [-0.2, 0) is 0 Å². The predicted octanol–water partition coefficient (Wildman–Crippen LogP) is 2.40. The van der Waals surface area contributed by atoms with E-state index in [2.05, 4.69) is 10.1 Å². The van der Waals surface area contributed by atoms with Gasteiger partial charge in [0.15, 0.2) is 0 Å². The lowest BCUT2D eigenvalue weighted by molar-refractivity contribution is 0.307. The van der Waals surface area contributed by atoms with E-state index in [0.29, 0.717) is 11.6 Å². The summed E-state index contributed by atoms with van der Waals surface area (Å²) in [6.07, 6.45) is 3.36. The lowest BCUT2D eigenvalue weighted by Crippen LogP contribution is -2.15. The first-order valence-corrected chi connectivity index (χ1v) is 5.43. The van der Waals surface area contributed by atoms with E-state index in [9.17, 15) is 4.39 Å². The van der Waals surface area contributed by atoms with Gasteiger partial charge in [0.05, 0.1) is 5.71 Å². The topological polar surface area (TPSA) is 15.6 Å². The van der Waals surface area contributed by atoms with Crippen LogP contribution >= 0.6 is 0 Å². The van der Waals surface area contributed by atoms with E-state index in [1.165, 1.54) is 18.9 Å². The van der Waals surface area contributed by atoms with Crippen LogP contribution in [0.15, 0.2) is 29.4 Å². The van der Waals surface area contributed by atoms with Crippen molar-refractivity contribution in [3.05, 3.63) is 35.6 Å². The number of hydrogen-bond acceptors (Lipinski definition) is 2. The lowest BCUT2D eigenvalue weighted by atomic mass is 10.1. The monoisotopic (exact) mass is 204 g/mol. The van der Waals surface area contributed by atoms with E-state index in [0.717, 1.165) is 18.7 Å². The van der Waals surface area contributed by atoms with Crippen LogP contribution in [0.1, 0.15) is 24.8 Å². The molecule has 3 rings (SSSR count). The molecule has 1 heterocycles. The molecule has 0 bridgehead atoms. The number of rotatable bonds is 2. The van der Waals surface area contributed by atoms with Gasteiger partial charge in [-0.15, -0.1) is 0 Å². The van der Waals surface area contributed by atoms with Gasteiger partial charge in [0.2, 0.25) is 0 Å². The predicted molar refractivity (Wildman–Crippen MR) is 57.3 cm³/mol. The fraction of sp³-hybridized carbons (Fsp3) is 0.417. The molecule has 3 heteroatoms. The fourth-order valence-corrected chi connectivity index (χ4v) is 2.00. The number of hydrazone groups is 1. The maximum atomic E-state index is 13.5. The molecular weight excluding hydrogens is 191 g/mol. The standard InChI is InChI=1S/C12H13FN2/c13-11-4-2-1-3-10(11)12-7-8-15(14-12)9-5-6-9/h1-4,9H,5-8H2. The van der Waals surface area contributed by atoms with Gasteiger partial charge in [-0.2, -0.15) is 5.10 Å². The molecule has 0 atom stereocenters. The summed E-state index contributed by atoms with van der Waals surface area (Å²) in [4.78, 5) is 0. The zero-order valence-corrected chi connectivity index (χ0v) is 8.49. The second kappa shape index (κ2) is 3.33. The summed E-state index contributed by atoms with van der Waals surface area (Å²) in [7, 11) is 0. The van der Waals surface area contributed by atoms with Crippen LogP contribution < -0.4 is 0 Å². The van der Waals surface area contributed by atoms with Gasteiger partial charge in [-0.3, -0.25) is 5.01 Å². The van der Waals surface area contributed by atoms with E-state index < -0.39 is 0 Å². The van der Waals surface area contributed by atoms with Crippen molar-refractivity contribution in [2.24, 2.45) is 5.10 Å². The smallest absolute Gasteiger partial charge is 0.132 e. The van der Waals surface area contributed by atoms with Crippen molar-refractivity contribution in [2.45, 2.75) is 25.3 Å². The van der Waals surface area contributed by atoms with Crippen LogP contribution in [0.5, 0.6) is 0 Å². The van der Waals surface area contributed by atoms with Crippen molar-refractivity contribution in [1.29, 1.82) is 0 Å². The highest BCUT2D eigenvalue weighted by Crippen LogP contribution is 2.30. The van der Waals surface area contributed by atoms with Gasteiger partial charge in [0, 0.05) is 24.6 Å². The highest BCUT2D eigenvalue weighted by Gasteiger charge is 2.31. The van der Waals surface area contributed by atoms with E-state index in [1.54, 1.807) is 6.07 Å². The van der Waals surface area contributed by atoms with Gasteiger partial charge in [0.1, 0.15) is 5.82 Å². The minimum absolute atomic E-state index is 0.158. The lowest BCUT2D eigenvalue weighted by Gasteiger charge is -2.10. The maximum Gasteiger partial charge on any atom is 0.132 e. The van der Waals surface area contributed by atoms with E-state index in [-0.39, 0.29) is 5.82 Å². The molecule has 78 valence electrons. The molecule has 0 N–H and O–H groups in total. The summed E-state index contributed by atoms with van der Waals surface area (Å²) in [6.45, 7) is 0.953. The molecule has 1 aliphatic heterocycles. The van der Waals surface area contributed by atoms with Gasteiger partial charge in [0.25, 0.3) is 0 Å². The Balaban J connectivity index is 1.88. The fourth-order valence-electron chi connectivity index (χ4n) is 2.00. The van der Waals surface area contributed by atoms with Gasteiger partial charge in [-0.1, -0.05) is 18.2 Å². The Morgan fingerprint density at radius 3 is 2.80 bits per heavy atom. The Morgan fingerprint density at radius 2 is 2.07 bits per heavy atom. The van der Waals surface area contributed by atoms with Crippen molar-refractivity contribution in [3.63, 3.8) is 0 Å². The molecule has 1 aliphatic carbocycles. The Labute approximate surface area is 88.4 Å². The van der Waals surface area contributed by atoms with Crippen LogP contribution in [0.25, 0.3) is 0 Å². The summed E-state index contributed by atoms with van der Waals surface area (Å²) in [6, 6.07) is 7.52. The number of hydrogen-bond donors (Lipinski definition) is 0. The average molecular weight is 204 g/mol. The van der Waals surface area contributed by atoms with Crippen LogP contribution in [0.2, 0.25) is 0 Å².